The van der Waals surface area contributed by atoms with Crippen LogP contribution in [0.4, 0.5) is 0 Å². The van der Waals surface area contributed by atoms with Crippen molar-refractivity contribution in [2.45, 2.75) is 6.42 Å². The SMILES string of the molecule is NCCc1c(Cl)cccc1OCC(=O)N1CCOCC1. The van der Waals surface area contributed by atoms with Crippen LogP contribution in [0.25, 0.3) is 0 Å². The predicted octanol–water partition coefficient (Wildman–Crippen LogP) is 1.08. The molecule has 0 atom stereocenters. The Hall–Kier alpha value is -1.30. The molecule has 0 spiro atoms. The van der Waals surface area contributed by atoms with Crippen LogP contribution in [0, 0.1) is 0 Å². The normalized spacial score (nSPS) is 15.2. The number of nitrogens with two attached hydrogens (primary N) is 1. The standard InChI is InChI=1S/C14H19ClN2O3/c15-12-2-1-3-13(11(12)4-5-16)20-10-14(18)17-6-8-19-9-7-17/h1-3H,4-10,16H2. The van der Waals surface area contributed by atoms with E-state index in [0.29, 0.717) is 50.0 Å². The van der Waals surface area contributed by atoms with Gasteiger partial charge >= 0.3 is 0 Å². The molecular weight excluding hydrogens is 280 g/mol. The van der Waals surface area contributed by atoms with Crippen LogP contribution in [0.2, 0.25) is 5.02 Å². The summed E-state index contributed by atoms with van der Waals surface area (Å²) in [6.07, 6.45) is 0.626. The summed E-state index contributed by atoms with van der Waals surface area (Å²) in [5.41, 5.74) is 6.42. The van der Waals surface area contributed by atoms with Gasteiger partial charge in [0, 0.05) is 23.7 Å². The summed E-state index contributed by atoms with van der Waals surface area (Å²) in [5, 5.41) is 0.617. The number of ether oxygens (including phenoxy) is 2. The van der Waals surface area contributed by atoms with Crippen molar-refractivity contribution in [2.24, 2.45) is 5.73 Å². The Bertz CT molecular complexity index is 462. The Morgan fingerprint density at radius 3 is 2.85 bits per heavy atom. The molecule has 0 radical (unpaired) electrons. The van der Waals surface area contributed by atoms with Crippen molar-refractivity contribution in [3.8, 4) is 5.75 Å². The van der Waals surface area contributed by atoms with E-state index in [1.54, 1.807) is 17.0 Å². The van der Waals surface area contributed by atoms with Crippen molar-refractivity contribution < 1.29 is 14.3 Å². The molecule has 1 aromatic carbocycles. The van der Waals surface area contributed by atoms with Gasteiger partial charge in [-0.1, -0.05) is 17.7 Å². The van der Waals surface area contributed by atoms with Crippen LogP contribution in [0.3, 0.4) is 0 Å². The summed E-state index contributed by atoms with van der Waals surface area (Å²) in [6.45, 7) is 2.90. The Balaban J connectivity index is 1.96. The first-order valence-electron chi connectivity index (χ1n) is 6.68. The van der Waals surface area contributed by atoms with E-state index in [9.17, 15) is 4.79 Å². The first kappa shape index (κ1) is 15.1. The topological polar surface area (TPSA) is 64.8 Å². The van der Waals surface area contributed by atoms with Gasteiger partial charge in [0.1, 0.15) is 5.75 Å². The van der Waals surface area contributed by atoms with Crippen LogP contribution < -0.4 is 10.5 Å². The van der Waals surface area contributed by atoms with Crippen LogP contribution in [0.1, 0.15) is 5.56 Å². The number of carbonyl (C=O) groups is 1. The molecule has 0 aromatic heterocycles. The van der Waals surface area contributed by atoms with Gasteiger partial charge in [-0.3, -0.25) is 4.79 Å². The van der Waals surface area contributed by atoms with Gasteiger partial charge in [-0.2, -0.15) is 0 Å². The third-order valence-corrected chi connectivity index (χ3v) is 3.54. The molecule has 2 rings (SSSR count). The second kappa shape index (κ2) is 7.47. The summed E-state index contributed by atoms with van der Waals surface area (Å²) >= 11 is 6.12. The molecule has 1 aromatic rings. The van der Waals surface area contributed by atoms with Crippen LogP contribution in [-0.4, -0.2) is 50.3 Å². The maximum absolute atomic E-state index is 12.0. The van der Waals surface area contributed by atoms with E-state index in [-0.39, 0.29) is 12.5 Å². The zero-order valence-electron chi connectivity index (χ0n) is 11.3. The summed E-state index contributed by atoms with van der Waals surface area (Å²) in [6, 6.07) is 5.41. The largest absolute Gasteiger partial charge is 0.483 e. The molecule has 0 saturated carbocycles. The fourth-order valence-corrected chi connectivity index (χ4v) is 2.36. The Labute approximate surface area is 123 Å². The number of hydrogen-bond donors (Lipinski definition) is 1. The lowest BCUT2D eigenvalue weighted by Gasteiger charge is -2.26. The molecule has 2 N–H and O–H groups in total. The minimum absolute atomic E-state index is 0.0118. The highest BCUT2D eigenvalue weighted by molar-refractivity contribution is 6.31. The second-order valence-electron chi connectivity index (χ2n) is 4.54. The lowest BCUT2D eigenvalue weighted by atomic mass is 10.1. The molecule has 0 unspecified atom stereocenters. The van der Waals surface area contributed by atoms with E-state index in [1.165, 1.54) is 0 Å². The van der Waals surface area contributed by atoms with E-state index in [0.717, 1.165) is 5.56 Å². The molecule has 110 valence electrons. The number of nitrogens with zero attached hydrogens (tertiary/aromatic N) is 1. The van der Waals surface area contributed by atoms with Gasteiger partial charge in [-0.25, -0.2) is 0 Å². The van der Waals surface area contributed by atoms with Crippen LogP contribution in [0.5, 0.6) is 5.75 Å². The molecule has 1 saturated heterocycles. The van der Waals surface area contributed by atoms with E-state index in [2.05, 4.69) is 0 Å². The molecule has 6 heteroatoms. The molecule has 1 aliphatic heterocycles. The molecule has 0 bridgehead atoms. The van der Waals surface area contributed by atoms with Gasteiger partial charge in [-0.15, -0.1) is 0 Å². The van der Waals surface area contributed by atoms with Gasteiger partial charge in [0.25, 0.3) is 5.91 Å². The first-order valence-corrected chi connectivity index (χ1v) is 7.06. The quantitative estimate of drug-likeness (QED) is 0.883. The highest BCUT2D eigenvalue weighted by Gasteiger charge is 2.18. The van der Waals surface area contributed by atoms with Crippen molar-refractivity contribution in [3.05, 3.63) is 28.8 Å². The number of morpholine rings is 1. The highest BCUT2D eigenvalue weighted by atomic mass is 35.5. The summed E-state index contributed by atoms with van der Waals surface area (Å²) in [5.74, 6) is 0.594. The highest BCUT2D eigenvalue weighted by Crippen LogP contribution is 2.26. The van der Waals surface area contributed by atoms with Crippen molar-refractivity contribution in [1.29, 1.82) is 0 Å². The molecule has 20 heavy (non-hydrogen) atoms. The van der Waals surface area contributed by atoms with E-state index >= 15 is 0 Å². The predicted molar refractivity (Wildman–Crippen MR) is 77.1 cm³/mol. The van der Waals surface area contributed by atoms with Gasteiger partial charge in [0.05, 0.1) is 13.2 Å². The van der Waals surface area contributed by atoms with Gasteiger partial charge in [0.15, 0.2) is 6.61 Å². The smallest absolute Gasteiger partial charge is 0.260 e. The number of amides is 1. The third kappa shape index (κ3) is 3.85. The number of carbonyl (C=O) groups excluding carboxylic acids is 1. The molecule has 1 heterocycles. The monoisotopic (exact) mass is 298 g/mol. The van der Waals surface area contributed by atoms with Gasteiger partial charge < -0.3 is 20.1 Å². The zero-order valence-corrected chi connectivity index (χ0v) is 12.1. The summed E-state index contributed by atoms with van der Waals surface area (Å²) in [7, 11) is 0. The minimum Gasteiger partial charge on any atom is -0.483 e. The maximum Gasteiger partial charge on any atom is 0.260 e. The number of hydrogen-bond acceptors (Lipinski definition) is 4. The molecule has 0 aliphatic carbocycles. The fourth-order valence-electron chi connectivity index (χ4n) is 2.10. The first-order chi connectivity index (χ1) is 9.72. The molecule has 5 nitrogen and oxygen atoms in total. The molecule has 1 aliphatic rings. The average molecular weight is 299 g/mol. The lowest BCUT2D eigenvalue weighted by molar-refractivity contribution is -0.137. The third-order valence-electron chi connectivity index (χ3n) is 3.19. The summed E-state index contributed by atoms with van der Waals surface area (Å²) in [4.78, 5) is 13.8. The molecular formula is C14H19ClN2O3. The zero-order chi connectivity index (χ0) is 14.4. The minimum atomic E-state index is -0.0352. The summed E-state index contributed by atoms with van der Waals surface area (Å²) < 4.78 is 10.8. The maximum atomic E-state index is 12.0. The van der Waals surface area contributed by atoms with Gasteiger partial charge in [-0.05, 0) is 25.1 Å². The molecule has 1 amide bonds. The number of benzene rings is 1. The van der Waals surface area contributed by atoms with Crippen LogP contribution in [-0.2, 0) is 16.0 Å². The van der Waals surface area contributed by atoms with Crippen LogP contribution >= 0.6 is 11.6 Å². The van der Waals surface area contributed by atoms with Crippen molar-refractivity contribution in [1.82, 2.24) is 4.90 Å². The number of rotatable bonds is 5. The van der Waals surface area contributed by atoms with E-state index < -0.39 is 0 Å². The fraction of sp³-hybridized carbons (Fsp3) is 0.500. The Kier molecular flexibility index (Phi) is 5.64. The lowest BCUT2D eigenvalue weighted by Crippen LogP contribution is -2.43. The van der Waals surface area contributed by atoms with Crippen molar-refractivity contribution in [3.63, 3.8) is 0 Å². The van der Waals surface area contributed by atoms with Crippen molar-refractivity contribution >= 4 is 17.5 Å². The second-order valence-corrected chi connectivity index (χ2v) is 4.94. The van der Waals surface area contributed by atoms with E-state index in [4.69, 9.17) is 26.8 Å². The number of halogens is 1. The van der Waals surface area contributed by atoms with E-state index in [1.807, 2.05) is 6.07 Å². The van der Waals surface area contributed by atoms with Gasteiger partial charge in [0.2, 0.25) is 0 Å². The average Bonchev–Trinajstić information content (AvgIpc) is 2.48. The van der Waals surface area contributed by atoms with Crippen molar-refractivity contribution in [2.75, 3.05) is 39.5 Å². The Morgan fingerprint density at radius 2 is 2.15 bits per heavy atom. The molecule has 1 fully saturated rings. The van der Waals surface area contributed by atoms with Crippen LogP contribution in [0.15, 0.2) is 18.2 Å². The Morgan fingerprint density at radius 1 is 1.40 bits per heavy atom.